The first kappa shape index (κ1) is 18.2. The smallest absolute Gasteiger partial charge is 0.192 e. The van der Waals surface area contributed by atoms with Crippen LogP contribution in [0.15, 0.2) is 38.4 Å². The van der Waals surface area contributed by atoms with Crippen LogP contribution in [0.25, 0.3) is 5.57 Å². The van der Waals surface area contributed by atoms with Gasteiger partial charge in [0.2, 0.25) is 0 Å². The zero-order valence-corrected chi connectivity index (χ0v) is 16.8. The molecule has 1 atom stereocenters. The first-order valence-corrected chi connectivity index (χ1v) is 9.78. The van der Waals surface area contributed by atoms with Crippen molar-refractivity contribution in [3.63, 3.8) is 0 Å². The van der Waals surface area contributed by atoms with E-state index in [0.717, 1.165) is 47.2 Å². The Kier molecular flexibility index (Phi) is 5.62. The molecular formula is C20H26BrN3O. The molecule has 1 unspecified atom stereocenters. The highest BCUT2D eigenvalue weighted by Gasteiger charge is 2.24. The maximum absolute atomic E-state index is 6.09. The number of rotatable bonds is 6. The molecule has 0 bridgehead atoms. The monoisotopic (exact) mass is 403 g/mol. The highest BCUT2D eigenvalue weighted by Crippen LogP contribution is 2.35. The van der Waals surface area contributed by atoms with Gasteiger partial charge in [-0.1, -0.05) is 33.7 Å². The van der Waals surface area contributed by atoms with Crippen LogP contribution in [0.5, 0.6) is 0 Å². The molecule has 0 radical (unpaired) electrons. The normalized spacial score (nSPS) is 22.0. The minimum Gasteiger partial charge on any atom is -0.441 e. The van der Waals surface area contributed by atoms with Gasteiger partial charge in [0.25, 0.3) is 0 Å². The maximum Gasteiger partial charge on any atom is 0.192 e. The standard InChI is InChI=1S/C20H26BrN3O/c1-12-4-7-17(18(21)8-12)20-19(24-14(3)25-20)9-16(13(2)22)11-23-10-15-5-6-15/h4,7,11,15,18H,5-6,8-10,22H2,1-3H3. The molecule has 0 amide bonds. The summed E-state index contributed by atoms with van der Waals surface area (Å²) in [5.74, 6) is 2.32. The van der Waals surface area contributed by atoms with Crippen molar-refractivity contribution >= 4 is 27.7 Å². The van der Waals surface area contributed by atoms with Crippen molar-refractivity contribution in [2.24, 2.45) is 16.6 Å². The van der Waals surface area contributed by atoms with Crippen LogP contribution in [-0.4, -0.2) is 22.6 Å². The lowest BCUT2D eigenvalue weighted by Gasteiger charge is -2.17. The van der Waals surface area contributed by atoms with Gasteiger partial charge in [-0.05, 0) is 44.6 Å². The topological polar surface area (TPSA) is 64.4 Å². The van der Waals surface area contributed by atoms with E-state index in [1.165, 1.54) is 18.4 Å². The molecule has 0 saturated heterocycles. The van der Waals surface area contributed by atoms with Crippen molar-refractivity contribution in [2.45, 2.75) is 51.3 Å². The zero-order valence-electron chi connectivity index (χ0n) is 15.2. The number of hydrogen-bond donors (Lipinski definition) is 1. The maximum atomic E-state index is 6.09. The number of aliphatic imine (C=N–C) groups is 1. The number of oxazole rings is 1. The zero-order chi connectivity index (χ0) is 18.0. The van der Waals surface area contributed by atoms with E-state index in [4.69, 9.17) is 10.2 Å². The van der Waals surface area contributed by atoms with Crippen molar-refractivity contribution in [1.82, 2.24) is 4.98 Å². The molecule has 3 rings (SSSR count). The summed E-state index contributed by atoms with van der Waals surface area (Å²) >= 11 is 3.78. The van der Waals surface area contributed by atoms with E-state index >= 15 is 0 Å². The van der Waals surface area contributed by atoms with Gasteiger partial charge in [-0.3, -0.25) is 4.99 Å². The first-order chi connectivity index (χ1) is 11.9. The molecule has 0 spiro atoms. The fraction of sp³-hybridized carbons (Fsp3) is 0.500. The first-order valence-electron chi connectivity index (χ1n) is 8.87. The van der Waals surface area contributed by atoms with Crippen LogP contribution in [0, 0.1) is 12.8 Å². The molecule has 1 aromatic heterocycles. The van der Waals surface area contributed by atoms with E-state index < -0.39 is 0 Å². The number of alkyl halides is 1. The molecule has 1 fully saturated rings. The minimum atomic E-state index is 0.249. The molecule has 0 aliphatic heterocycles. The Morgan fingerprint density at radius 3 is 2.80 bits per heavy atom. The summed E-state index contributed by atoms with van der Waals surface area (Å²) in [4.78, 5) is 9.44. The summed E-state index contributed by atoms with van der Waals surface area (Å²) in [6, 6.07) is 0. The summed E-state index contributed by atoms with van der Waals surface area (Å²) in [7, 11) is 0. The third kappa shape index (κ3) is 4.72. The predicted octanol–water partition coefficient (Wildman–Crippen LogP) is 4.74. The van der Waals surface area contributed by atoms with Crippen molar-refractivity contribution in [1.29, 1.82) is 0 Å². The van der Waals surface area contributed by atoms with E-state index in [0.29, 0.717) is 12.3 Å². The lowest BCUT2D eigenvalue weighted by atomic mass is 9.95. The number of nitrogens with zero attached hydrogens (tertiary/aromatic N) is 2. The van der Waals surface area contributed by atoms with Crippen LogP contribution in [0.2, 0.25) is 0 Å². The van der Waals surface area contributed by atoms with Gasteiger partial charge < -0.3 is 10.2 Å². The van der Waals surface area contributed by atoms with E-state index in [1.807, 2.05) is 20.1 Å². The largest absolute Gasteiger partial charge is 0.441 e. The third-order valence-corrected chi connectivity index (χ3v) is 5.44. The SMILES string of the molecule is CC1=CC=C(c2oc(C)nc2CC(C=NCC2CC2)=C(C)N)C(Br)C1. The average molecular weight is 404 g/mol. The van der Waals surface area contributed by atoms with Gasteiger partial charge in [0.15, 0.2) is 11.7 Å². The second-order valence-electron chi connectivity index (χ2n) is 7.14. The van der Waals surface area contributed by atoms with Gasteiger partial charge in [0, 0.05) is 42.2 Å². The second-order valence-corrected chi connectivity index (χ2v) is 8.24. The van der Waals surface area contributed by atoms with Gasteiger partial charge in [0.05, 0.1) is 5.69 Å². The quantitative estimate of drug-likeness (QED) is 0.550. The molecule has 25 heavy (non-hydrogen) atoms. The molecule has 4 nitrogen and oxygen atoms in total. The molecule has 2 aliphatic rings. The van der Waals surface area contributed by atoms with E-state index in [9.17, 15) is 0 Å². The Balaban J connectivity index is 1.84. The van der Waals surface area contributed by atoms with E-state index in [1.54, 1.807) is 0 Å². The van der Waals surface area contributed by atoms with Crippen LogP contribution < -0.4 is 5.73 Å². The Hall–Kier alpha value is -1.62. The molecule has 0 aromatic carbocycles. The summed E-state index contributed by atoms with van der Waals surface area (Å²) in [6.07, 6.45) is 10.4. The second kappa shape index (κ2) is 7.73. The number of aromatic nitrogens is 1. The van der Waals surface area contributed by atoms with Crippen molar-refractivity contribution in [3.05, 3.63) is 46.3 Å². The van der Waals surface area contributed by atoms with Crippen molar-refractivity contribution < 1.29 is 4.42 Å². The lowest BCUT2D eigenvalue weighted by Crippen LogP contribution is -2.09. The van der Waals surface area contributed by atoms with Crippen molar-refractivity contribution in [3.8, 4) is 0 Å². The van der Waals surface area contributed by atoms with Crippen LogP contribution in [0.3, 0.4) is 0 Å². The third-order valence-electron chi connectivity index (χ3n) is 4.62. The molecule has 1 aromatic rings. The summed E-state index contributed by atoms with van der Waals surface area (Å²) in [6.45, 7) is 6.86. The van der Waals surface area contributed by atoms with Gasteiger partial charge in [-0.25, -0.2) is 4.98 Å². The minimum absolute atomic E-state index is 0.249. The van der Waals surface area contributed by atoms with Crippen LogP contribution in [-0.2, 0) is 6.42 Å². The number of halogens is 1. The van der Waals surface area contributed by atoms with Crippen LogP contribution in [0.4, 0.5) is 0 Å². The summed E-state index contributed by atoms with van der Waals surface area (Å²) in [5, 5.41) is 0. The predicted molar refractivity (Wildman–Crippen MR) is 107 cm³/mol. The fourth-order valence-electron chi connectivity index (χ4n) is 2.91. The van der Waals surface area contributed by atoms with E-state index in [2.05, 4.69) is 45.0 Å². The number of allylic oxidation sites excluding steroid dienone is 6. The Morgan fingerprint density at radius 2 is 2.16 bits per heavy atom. The molecule has 1 saturated carbocycles. The molecule has 1 heterocycles. The Labute approximate surface area is 158 Å². The summed E-state index contributed by atoms with van der Waals surface area (Å²) in [5.41, 5.74) is 11.3. The molecule has 2 N–H and O–H groups in total. The van der Waals surface area contributed by atoms with Crippen LogP contribution >= 0.6 is 15.9 Å². The van der Waals surface area contributed by atoms with Crippen molar-refractivity contribution in [2.75, 3.05) is 6.54 Å². The number of nitrogens with two attached hydrogens (primary N) is 1. The average Bonchev–Trinajstić information content (AvgIpc) is 3.29. The molecule has 2 aliphatic carbocycles. The fourth-order valence-corrected chi connectivity index (χ4v) is 3.78. The van der Waals surface area contributed by atoms with E-state index in [-0.39, 0.29) is 4.83 Å². The highest BCUT2D eigenvalue weighted by molar-refractivity contribution is 9.09. The molecule has 134 valence electrons. The Bertz CT molecular complexity index is 762. The van der Waals surface area contributed by atoms with Gasteiger partial charge in [-0.2, -0.15) is 0 Å². The van der Waals surface area contributed by atoms with Gasteiger partial charge in [-0.15, -0.1) is 0 Å². The molecular weight excluding hydrogens is 378 g/mol. The van der Waals surface area contributed by atoms with Gasteiger partial charge in [0.1, 0.15) is 0 Å². The number of aryl methyl sites for hydroxylation is 1. The number of hydrogen-bond acceptors (Lipinski definition) is 4. The summed E-state index contributed by atoms with van der Waals surface area (Å²) < 4.78 is 5.95. The molecule has 5 heteroatoms. The Morgan fingerprint density at radius 1 is 1.40 bits per heavy atom. The van der Waals surface area contributed by atoms with Gasteiger partial charge >= 0.3 is 0 Å². The lowest BCUT2D eigenvalue weighted by molar-refractivity contribution is 0.507. The highest BCUT2D eigenvalue weighted by atomic mass is 79.9. The van der Waals surface area contributed by atoms with Crippen LogP contribution in [0.1, 0.15) is 50.5 Å².